The summed E-state index contributed by atoms with van der Waals surface area (Å²) in [7, 11) is 0. The first-order chi connectivity index (χ1) is 23.3. The Morgan fingerprint density at radius 3 is 1.50 bits per heavy atom. The quantitative estimate of drug-likeness (QED) is 0.106. The predicted molar refractivity (Wildman–Crippen MR) is 195 cm³/mol. The molecule has 262 valence electrons. The molecule has 2 saturated heterocycles. The van der Waals surface area contributed by atoms with E-state index in [2.05, 4.69) is 69.1 Å². The number of benzene rings is 2. The Morgan fingerprint density at radius 2 is 1.12 bits per heavy atom. The summed E-state index contributed by atoms with van der Waals surface area (Å²) in [6, 6.07) is 18.6. The second-order valence-electron chi connectivity index (χ2n) is 12.3. The number of hydrogen-bond donors (Lipinski definition) is 4. The number of hydrogen-bond acceptors (Lipinski definition) is 10. The van der Waals surface area contributed by atoms with Crippen molar-refractivity contribution in [3.05, 3.63) is 70.4 Å². The molecule has 2 aromatic heterocycles. The molecule has 0 spiro atoms. The molecule has 0 bridgehead atoms. The number of thiophene rings is 2. The highest BCUT2D eigenvalue weighted by Crippen LogP contribution is 2.23. The number of rotatable bonds is 14. The lowest BCUT2D eigenvalue weighted by Crippen LogP contribution is -2.27. The molecular formula is C36H50N4O6S2. The molecule has 0 amide bonds. The first kappa shape index (κ1) is 37.9. The average molecular weight is 699 g/mol. The van der Waals surface area contributed by atoms with Crippen molar-refractivity contribution in [2.75, 3.05) is 65.7 Å². The van der Waals surface area contributed by atoms with Gasteiger partial charge in [0.25, 0.3) is 0 Å². The van der Waals surface area contributed by atoms with Gasteiger partial charge in [-0.15, -0.1) is 22.7 Å². The molecule has 2 fully saturated rings. The third kappa shape index (κ3) is 13.5. The molecule has 6 rings (SSSR count). The number of carboxylic acids is 2. The van der Waals surface area contributed by atoms with Gasteiger partial charge in [-0.05, 0) is 109 Å². The summed E-state index contributed by atoms with van der Waals surface area (Å²) in [4.78, 5) is 23.1. The maximum atomic E-state index is 9.10. The van der Waals surface area contributed by atoms with Gasteiger partial charge in [-0.3, -0.25) is 0 Å². The maximum Gasteiger partial charge on any atom is 0.414 e. The van der Waals surface area contributed by atoms with Crippen molar-refractivity contribution < 1.29 is 29.3 Å². The molecule has 10 nitrogen and oxygen atoms in total. The zero-order chi connectivity index (χ0) is 34.1. The van der Waals surface area contributed by atoms with Crippen molar-refractivity contribution in [3.63, 3.8) is 0 Å². The third-order valence-corrected chi connectivity index (χ3v) is 10.2. The first-order valence-electron chi connectivity index (χ1n) is 16.8. The smallest absolute Gasteiger partial charge is 0.414 e. The number of likely N-dealkylation sites (tertiary alicyclic amines) is 2. The van der Waals surface area contributed by atoms with Crippen molar-refractivity contribution >= 4 is 54.8 Å². The van der Waals surface area contributed by atoms with Crippen LogP contribution in [0.15, 0.2) is 59.3 Å². The van der Waals surface area contributed by atoms with Gasteiger partial charge in [-0.1, -0.05) is 24.3 Å². The van der Waals surface area contributed by atoms with E-state index in [9.17, 15) is 0 Å². The molecule has 0 radical (unpaired) electrons. The Balaban J connectivity index is 0.000000186. The molecule has 6 N–H and O–H groups in total. The standard InChI is InChI=1S/2C17H24N2OS.C2H2O4/c2*18-16-4-8-19(13-16)7-1-9-20-10-5-14-2-3-17-15(12-14)6-11-21-17;3-1(4)2(5)6/h2*2-3,6,11-12,16H,1,4-5,7-10,13,18H2;(H,3,4)(H,5,6). The molecule has 0 saturated carbocycles. The SMILES string of the molecule is NC1CCN(CCCOCCc2ccc3sccc3c2)C1.NC1CCN(CCCOCCc2ccc3sccc3c2)C1.O=C(O)C(=O)O. The van der Waals surface area contributed by atoms with Crippen LogP contribution in [0.25, 0.3) is 20.2 Å². The van der Waals surface area contributed by atoms with Crippen LogP contribution < -0.4 is 11.5 Å². The van der Waals surface area contributed by atoms with Crippen LogP contribution in [-0.2, 0) is 31.9 Å². The molecule has 2 aliphatic rings. The normalized spacial score (nSPS) is 18.0. The summed E-state index contributed by atoms with van der Waals surface area (Å²) in [5.41, 5.74) is 14.5. The lowest BCUT2D eigenvalue weighted by Gasteiger charge is -2.14. The van der Waals surface area contributed by atoms with E-state index in [1.165, 1.54) is 31.3 Å². The Bertz CT molecular complexity index is 1430. The monoisotopic (exact) mass is 698 g/mol. The lowest BCUT2D eigenvalue weighted by atomic mass is 10.1. The molecule has 12 heteroatoms. The van der Waals surface area contributed by atoms with Gasteiger partial charge in [-0.25, -0.2) is 9.59 Å². The molecular weight excluding hydrogens is 649 g/mol. The summed E-state index contributed by atoms with van der Waals surface area (Å²) in [5.74, 6) is -3.65. The van der Waals surface area contributed by atoms with Gasteiger partial charge in [0.05, 0.1) is 13.2 Å². The van der Waals surface area contributed by atoms with Crippen LogP contribution in [-0.4, -0.2) is 110 Å². The van der Waals surface area contributed by atoms with E-state index < -0.39 is 11.9 Å². The van der Waals surface area contributed by atoms with Gasteiger partial charge in [-0.2, -0.15) is 0 Å². The molecule has 48 heavy (non-hydrogen) atoms. The summed E-state index contributed by atoms with van der Waals surface area (Å²) >= 11 is 3.60. The minimum atomic E-state index is -1.82. The summed E-state index contributed by atoms with van der Waals surface area (Å²) in [6.45, 7) is 10.00. The molecule has 2 unspecified atom stereocenters. The largest absolute Gasteiger partial charge is 0.473 e. The van der Waals surface area contributed by atoms with Crippen LogP contribution in [0, 0.1) is 0 Å². The van der Waals surface area contributed by atoms with E-state index in [0.717, 1.165) is 104 Å². The number of ether oxygens (including phenoxy) is 2. The Labute approximate surface area is 291 Å². The number of fused-ring (bicyclic) bond motifs is 2. The first-order valence-corrected chi connectivity index (χ1v) is 18.5. The second-order valence-corrected chi connectivity index (χ2v) is 14.2. The van der Waals surface area contributed by atoms with E-state index in [1.807, 2.05) is 0 Å². The van der Waals surface area contributed by atoms with E-state index in [1.54, 1.807) is 22.7 Å². The van der Waals surface area contributed by atoms with Gasteiger partial charge < -0.3 is 41.0 Å². The van der Waals surface area contributed by atoms with Crippen LogP contribution in [0.2, 0.25) is 0 Å². The fourth-order valence-electron chi connectivity index (χ4n) is 5.84. The minimum absolute atomic E-state index is 0.387. The highest BCUT2D eigenvalue weighted by molar-refractivity contribution is 7.17. The summed E-state index contributed by atoms with van der Waals surface area (Å²) in [5, 5.41) is 21.8. The van der Waals surface area contributed by atoms with Crippen LogP contribution in [0.1, 0.15) is 36.8 Å². The average Bonchev–Trinajstić information content (AvgIpc) is 3.89. The number of carboxylic acid groups (broad SMARTS) is 2. The maximum absolute atomic E-state index is 9.10. The molecule has 2 aliphatic heterocycles. The van der Waals surface area contributed by atoms with Gasteiger partial charge >= 0.3 is 11.9 Å². The number of nitrogens with zero attached hydrogens (tertiary/aromatic N) is 2. The molecule has 4 aromatic rings. The van der Waals surface area contributed by atoms with Crippen molar-refractivity contribution in [2.45, 2.75) is 50.6 Å². The van der Waals surface area contributed by atoms with Crippen molar-refractivity contribution in [1.82, 2.24) is 9.80 Å². The molecule has 2 atom stereocenters. The van der Waals surface area contributed by atoms with E-state index in [-0.39, 0.29) is 0 Å². The van der Waals surface area contributed by atoms with Gasteiger partial charge in [0.15, 0.2) is 0 Å². The fraction of sp³-hybridized carbons (Fsp3) is 0.500. The van der Waals surface area contributed by atoms with Crippen LogP contribution in [0.5, 0.6) is 0 Å². The van der Waals surface area contributed by atoms with Gasteiger partial charge in [0.1, 0.15) is 0 Å². The number of aliphatic carboxylic acids is 2. The third-order valence-electron chi connectivity index (χ3n) is 8.43. The summed E-state index contributed by atoms with van der Waals surface area (Å²) < 4.78 is 14.3. The number of nitrogens with two attached hydrogens (primary N) is 2. The zero-order valence-corrected chi connectivity index (χ0v) is 29.3. The fourth-order valence-corrected chi connectivity index (χ4v) is 7.38. The molecule has 0 aliphatic carbocycles. The Kier molecular flexibility index (Phi) is 16.2. The van der Waals surface area contributed by atoms with E-state index in [4.69, 9.17) is 40.7 Å². The van der Waals surface area contributed by atoms with Crippen LogP contribution >= 0.6 is 22.7 Å². The second kappa shape index (κ2) is 20.5. The molecule has 4 heterocycles. The Hall–Kier alpha value is -2.94. The van der Waals surface area contributed by atoms with Crippen molar-refractivity contribution in [1.29, 1.82) is 0 Å². The van der Waals surface area contributed by atoms with E-state index in [0.29, 0.717) is 12.1 Å². The van der Waals surface area contributed by atoms with Crippen molar-refractivity contribution in [3.8, 4) is 0 Å². The highest BCUT2D eigenvalue weighted by atomic mass is 32.1. The predicted octanol–water partition coefficient (Wildman–Crippen LogP) is 4.92. The lowest BCUT2D eigenvalue weighted by molar-refractivity contribution is -0.159. The topological polar surface area (TPSA) is 152 Å². The van der Waals surface area contributed by atoms with Gasteiger partial charge in [0, 0.05) is 60.9 Å². The van der Waals surface area contributed by atoms with Crippen LogP contribution in [0.3, 0.4) is 0 Å². The van der Waals surface area contributed by atoms with Crippen molar-refractivity contribution in [2.24, 2.45) is 11.5 Å². The van der Waals surface area contributed by atoms with Crippen LogP contribution in [0.4, 0.5) is 0 Å². The highest BCUT2D eigenvalue weighted by Gasteiger charge is 2.18. The zero-order valence-electron chi connectivity index (χ0n) is 27.6. The van der Waals surface area contributed by atoms with E-state index >= 15 is 0 Å². The minimum Gasteiger partial charge on any atom is -0.473 e. The Morgan fingerprint density at radius 1 is 0.688 bits per heavy atom. The van der Waals surface area contributed by atoms with Gasteiger partial charge in [0.2, 0.25) is 0 Å². The number of carbonyl (C=O) groups is 2. The molecule has 2 aromatic carbocycles. The summed E-state index contributed by atoms with van der Waals surface area (Å²) in [6.07, 6.45) is 6.51.